The van der Waals surface area contributed by atoms with Gasteiger partial charge in [-0.15, -0.1) is 12.4 Å². The summed E-state index contributed by atoms with van der Waals surface area (Å²) in [5, 5.41) is 0. The standard InChI is InChI=1S/C14H20N2O3S.ClH/c1-10-5-6-11(8-13(10)20(2,18)19)14(17)16-7-3-4-12(15)9-16;/h5-6,8,12H,3-4,7,9,15H2,1-2H3;1H. The van der Waals surface area contributed by atoms with E-state index < -0.39 is 9.84 Å². The molecule has 1 atom stereocenters. The number of nitrogens with zero attached hydrogens (tertiary/aromatic N) is 1. The minimum atomic E-state index is -3.33. The number of hydrogen-bond acceptors (Lipinski definition) is 4. The number of benzene rings is 1. The number of halogens is 1. The molecule has 0 saturated carbocycles. The van der Waals surface area contributed by atoms with Gasteiger partial charge in [-0.25, -0.2) is 8.42 Å². The van der Waals surface area contributed by atoms with Crippen LogP contribution in [0.25, 0.3) is 0 Å². The van der Waals surface area contributed by atoms with Gasteiger partial charge in [0, 0.05) is 31.0 Å². The number of carbonyl (C=O) groups is 1. The average Bonchev–Trinajstić information content (AvgIpc) is 2.37. The highest BCUT2D eigenvalue weighted by Crippen LogP contribution is 2.19. The lowest BCUT2D eigenvalue weighted by molar-refractivity contribution is 0.0708. The Hall–Kier alpha value is -1.11. The summed E-state index contributed by atoms with van der Waals surface area (Å²) in [6, 6.07) is 4.82. The Labute approximate surface area is 131 Å². The fourth-order valence-electron chi connectivity index (χ4n) is 2.51. The molecule has 1 aromatic carbocycles. The SMILES string of the molecule is Cc1ccc(C(=O)N2CCCC(N)C2)cc1S(C)(=O)=O.Cl. The Morgan fingerprint density at radius 2 is 2.05 bits per heavy atom. The molecule has 0 aliphatic carbocycles. The van der Waals surface area contributed by atoms with Gasteiger partial charge in [0.15, 0.2) is 9.84 Å². The van der Waals surface area contributed by atoms with Crippen LogP contribution in [0.5, 0.6) is 0 Å². The minimum Gasteiger partial charge on any atom is -0.337 e. The molecule has 2 N–H and O–H groups in total. The lowest BCUT2D eigenvalue weighted by Crippen LogP contribution is -2.45. The Morgan fingerprint density at radius 1 is 1.38 bits per heavy atom. The van der Waals surface area contributed by atoms with E-state index in [-0.39, 0.29) is 29.3 Å². The summed E-state index contributed by atoms with van der Waals surface area (Å²) in [6.07, 6.45) is 2.96. The minimum absolute atomic E-state index is 0. The number of hydrogen-bond donors (Lipinski definition) is 1. The molecule has 5 nitrogen and oxygen atoms in total. The molecule has 1 aromatic rings. The van der Waals surface area contributed by atoms with Crippen molar-refractivity contribution in [2.75, 3.05) is 19.3 Å². The summed E-state index contributed by atoms with van der Waals surface area (Å²) in [5.41, 5.74) is 6.93. The van der Waals surface area contributed by atoms with Gasteiger partial charge in [0.2, 0.25) is 0 Å². The first-order valence-electron chi connectivity index (χ1n) is 6.64. The van der Waals surface area contributed by atoms with Crippen molar-refractivity contribution in [1.82, 2.24) is 4.90 Å². The van der Waals surface area contributed by atoms with E-state index in [9.17, 15) is 13.2 Å². The Bertz CT molecular complexity index is 631. The molecule has 1 fully saturated rings. The van der Waals surface area contributed by atoms with Crippen molar-refractivity contribution in [2.45, 2.75) is 30.7 Å². The van der Waals surface area contributed by atoms with Crippen molar-refractivity contribution >= 4 is 28.2 Å². The number of carbonyl (C=O) groups excluding carboxylic acids is 1. The van der Waals surface area contributed by atoms with Crippen LogP contribution in [0.3, 0.4) is 0 Å². The molecule has 0 radical (unpaired) electrons. The van der Waals surface area contributed by atoms with Crippen LogP contribution in [-0.4, -0.2) is 44.6 Å². The topological polar surface area (TPSA) is 80.5 Å². The van der Waals surface area contributed by atoms with Gasteiger partial charge in [-0.2, -0.15) is 0 Å². The molecule has 118 valence electrons. The number of sulfone groups is 1. The summed E-state index contributed by atoms with van der Waals surface area (Å²) in [7, 11) is -3.33. The fourth-order valence-corrected chi connectivity index (χ4v) is 3.50. The monoisotopic (exact) mass is 332 g/mol. The van der Waals surface area contributed by atoms with Crippen molar-refractivity contribution in [1.29, 1.82) is 0 Å². The molecular weight excluding hydrogens is 312 g/mol. The molecule has 21 heavy (non-hydrogen) atoms. The zero-order valence-electron chi connectivity index (χ0n) is 12.2. The Morgan fingerprint density at radius 3 is 2.62 bits per heavy atom. The largest absolute Gasteiger partial charge is 0.337 e. The van der Waals surface area contributed by atoms with Crippen LogP contribution >= 0.6 is 12.4 Å². The molecular formula is C14H21ClN2O3S. The zero-order valence-corrected chi connectivity index (χ0v) is 13.8. The molecule has 2 rings (SSSR count). The van der Waals surface area contributed by atoms with Crippen molar-refractivity contribution < 1.29 is 13.2 Å². The van der Waals surface area contributed by atoms with E-state index in [1.807, 2.05) is 0 Å². The first-order valence-corrected chi connectivity index (χ1v) is 8.54. The summed E-state index contributed by atoms with van der Waals surface area (Å²) in [5.74, 6) is -0.148. The van der Waals surface area contributed by atoms with Crippen molar-refractivity contribution in [2.24, 2.45) is 5.73 Å². The first-order chi connectivity index (χ1) is 9.29. The van der Waals surface area contributed by atoms with Crippen LogP contribution in [0.4, 0.5) is 0 Å². The van der Waals surface area contributed by atoms with Gasteiger partial charge in [0.1, 0.15) is 0 Å². The van der Waals surface area contributed by atoms with Gasteiger partial charge in [-0.1, -0.05) is 6.07 Å². The van der Waals surface area contributed by atoms with E-state index in [1.54, 1.807) is 24.0 Å². The van der Waals surface area contributed by atoms with E-state index >= 15 is 0 Å². The summed E-state index contributed by atoms with van der Waals surface area (Å²) in [4.78, 5) is 14.3. The molecule has 0 bridgehead atoms. The lowest BCUT2D eigenvalue weighted by atomic mass is 10.0. The maximum atomic E-state index is 12.4. The maximum absolute atomic E-state index is 12.4. The third-order valence-electron chi connectivity index (χ3n) is 3.58. The number of rotatable bonds is 2. The van der Waals surface area contributed by atoms with Crippen molar-refractivity contribution in [3.63, 3.8) is 0 Å². The van der Waals surface area contributed by atoms with E-state index in [4.69, 9.17) is 5.73 Å². The summed E-state index contributed by atoms with van der Waals surface area (Å²) < 4.78 is 23.4. The van der Waals surface area contributed by atoms with Crippen LogP contribution in [-0.2, 0) is 9.84 Å². The summed E-state index contributed by atoms with van der Waals surface area (Å²) >= 11 is 0. The second-order valence-corrected chi connectivity index (χ2v) is 7.39. The highest BCUT2D eigenvalue weighted by Gasteiger charge is 2.23. The molecule has 1 heterocycles. The number of aryl methyl sites for hydroxylation is 1. The predicted molar refractivity (Wildman–Crippen MR) is 84.6 cm³/mol. The second-order valence-electron chi connectivity index (χ2n) is 5.41. The van der Waals surface area contributed by atoms with Crippen LogP contribution < -0.4 is 5.73 Å². The Balaban J connectivity index is 0.00000220. The average molecular weight is 333 g/mol. The van der Waals surface area contributed by atoms with Crippen molar-refractivity contribution in [3.8, 4) is 0 Å². The highest BCUT2D eigenvalue weighted by molar-refractivity contribution is 7.90. The molecule has 1 aliphatic heterocycles. The third-order valence-corrected chi connectivity index (χ3v) is 4.82. The number of likely N-dealkylation sites (tertiary alicyclic amines) is 1. The molecule has 1 saturated heterocycles. The van der Waals surface area contributed by atoms with Crippen LogP contribution in [0.2, 0.25) is 0 Å². The molecule has 1 aliphatic rings. The van der Waals surface area contributed by atoms with E-state index in [2.05, 4.69) is 0 Å². The number of amides is 1. The van der Waals surface area contributed by atoms with E-state index in [0.717, 1.165) is 19.1 Å². The van der Waals surface area contributed by atoms with Gasteiger partial charge in [-0.05, 0) is 37.5 Å². The van der Waals surface area contributed by atoms with Crippen LogP contribution in [0.15, 0.2) is 23.1 Å². The summed E-state index contributed by atoms with van der Waals surface area (Å²) in [6.45, 7) is 2.93. The first kappa shape index (κ1) is 17.9. The Kier molecular flexibility index (Phi) is 5.78. The van der Waals surface area contributed by atoms with Gasteiger partial charge in [-0.3, -0.25) is 4.79 Å². The molecule has 1 unspecified atom stereocenters. The van der Waals surface area contributed by atoms with Gasteiger partial charge in [0.05, 0.1) is 4.90 Å². The normalized spacial score (nSPS) is 19.0. The van der Waals surface area contributed by atoms with E-state index in [0.29, 0.717) is 24.2 Å². The molecule has 0 aromatic heterocycles. The van der Waals surface area contributed by atoms with Gasteiger partial charge in [0.25, 0.3) is 5.91 Å². The second kappa shape index (κ2) is 6.77. The number of piperidine rings is 1. The van der Waals surface area contributed by atoms with Crippen LogP contribution in [0, 0.1) is 6.92 Å². The highest BCUT2D eigenvalue weighted by atomic mass is 35.5. The number of nitrogens with two attached hydrogens (primary N) is 1. The molecule has 1 amide bonds. The molecule has 0 spiro atoms. The van der Waals surface area contributed by atoms with Crippen LogP contribution in [0.1, 0.15) is 28.8 Å². The smallest absolute Gasteiger partial charge is 0.253 e. The maximum Gasteiger partial charge on any atom is 0.253 e. The van der Waals surface area contributed by atoms with E-state index in [1.165, 1.54) is 6.07 Å². The van der Waals surface area contributed by atoms with Gasteiger partial charge >= 0.3 is 0 Å². The van der Waals surface area contributed by atoms with Gasteiger partial charge < -0.3 is 10.6 Å². The third kappa shape index (κ3) is 4.18. The zero-order chi connectivity index (χ0) is 14.9. The quantitative estimate of drug-likeness (QED) is 0.887. The lowest BCUT2D eigenvalue weighted by Gasteiger charge is -2.31. The predicted octanol–water partition coefficient (Wildman–Crippen LogP) is 1.38. The van der Waals surface area contributed by atoms with Crippen molar-refractivity contribution in [3.05, 3.63) is 29.3 Å². The fraction of sp³-hybridized carbons (Fsp3) is 0.500. The molecule has 7 heteroatoms.